The Bertz CT molecular complexity index is 1030. The van der Waals surface area contributed by atoms with E-state index in [0.717, 1.165) is 5.56 Å². The van der Waals surface area contributed by atoms with Crippen LogP contribution in [0.1, 0.15) is 36.6 Å². The molecule has 146 valence electrons. The molecule has 0 spiro atoms. The van der Waals surface area contributed by atoms with Crippen LogP contribution in [0.15, 0.2) is 72.8 Å². The van der Waals surface area contributed by atoms with Gasteiger partial charge in [0.2, 0.25) is 0 Å². The van der Waals surface area contributed by atoms with Crippen molar-refractivity contribution in [3.05, 3.63) is 95.1 Å². The van der Waals surface area contributed by atoms with Crippen LogP contribution in [-0.4, -0.2) is 25.3 Å². The fourth-order valence-corrected chi connectivity index (χ4v) is 2.68. The Morgan fingerprint density at radius 2 is 1.66 bits per heavy atom. The summed E-state index contributed by atoms with van der Waals surface area (Å²) in [4.78, 5) is 36.1. The van der Waals surface area contributed by atoms with E-state index in [1.54, 1.807) is 24.3 Å². The monoisotopic (exact) mass is 390 g/mol. The van der Waals surface area contributed by atoms with E-state index >= 15 is 0 Å². The molecular formula is C23H18O6. The Balaban J connectivity index is 1.72. The van der Waals surface area contributed by atoms with Gasteiger partial charge in [-0.2, -0.15) is 0 Å². The van der Waals surface area contributed by atoms with Crippen molar-refractivity contribution in [1.82, 2.24) is 0 Å². The number of rotatable bonds is 7. The van der Waals surface area contributed by atoms with E-state index in [2.05, 4.69) is 0 Å². The zero-order valence-corrected chi connectivity index (χ0v) is 15.7. The van der Waals surface area contributed by atoms with Crippen molar-refractivity contribution in [3.63, 3.8) is 0 Å². The molecule has 0 N–H and O–H groups in total. The SMILES string of the molecule is COc1cccc(C(=O)Oc2cccc(C(=O)OCc3ccccc3)c2)c1C=O. The molecule has 0 heterocycles. The molecule has 0 aromatic heterocycles. The number of carbonyl (C=O) groups excluding carboxylic acids is 3. The molecule has 3 aromatic carbocycles. The predicted octanol–water partition coefficient (Wildman–Crippen LogP) is 4.08. The van der Waals surface area contributed by atoms with E-state index in [1.165, 1.54) is 25.3 Å². The minimum atomic E-state index is -0.735. The van der Waals surface area contributed by atoms with Gasteiger partial charge >= 0.3 is 11.9 Å². The maximum atomic E-state index is 12.5. The first-order valence-corrected chi connectivity index (χ1v) is 8.78. The number of ether oxygens (including phenoxy) is 3. The topological polar surface area (TPSA) is 78.9 Å². The number of hydrogen-bond acceptors (Lipinski definition) is 6. The molecule has 3 rings (SSSR count). The average molecular weight is 390 g/mol. The summed E-state index contributed by atoms with van der Waals surface area (Å²) in [5, 5.41) is 0. The highest BCUT2D eigenvalue weighted by Crippen LogP contribution is 2.23. The highest BCUT2D eigenvalue weighted by Gasteiger charge is 2.18. The first-order chi connectivity index (χ1) is 14.1. The molecule has 0 aliphatic carbocycles. The molecule has 0 saturated heterocycles. The fraction of sp³-hybridized carbons (Fsp3) is 0.0870. The molecule has 0 fully saturated rings. The number of hydrogen-bond donors (Lipinski definition) is 0. The third-order valence-electron chi connectivity index (χ3n) is 4.12. The van der Waals surface area contributed by atoms with Gasteiger partial charge in [0.25, 0.3) is 0 Å². The Kier molecular flexibility index (Phi) is 6.37. The molecule has 6 nitrogen and oxygen atoms in total. The van der Waals surface area contributed by atoms with Crippen molar-refractivity contribution in [2.24, 2.45) is 0 Å². The molecule has 6 heteroatoms. The lowest BCUT2D eigenvalue weighted by atomic mass is 10.1. The predicted molar refractivity (Wildman–Crippen MR) is 105 cm³/mol. The molecular weight excluding hydrogens is 372 g/mol. The first kappa shape index (κ1) is 19.8. The molecule has 0 unspecified atom stereocenters. The van der Waals surface area contributed by atoms with Crippen LogP contribution in [0.25, 0.3) is 0 Å². The maximum Gasteiger partial charge on any atom is 0.344 e. The van der Waals surface area contributed by atoms with Gasteiger partial charge in [0.05, 0.1) is 23.8 Å². The number of esters is 2. The van der Waals surface area contributed by atoms with Crippen molar-refractivity contribution < 1.29 is 28.6 Å². The summed E-state index contributed by atoms with van der Waals surface area (Å²) in [6.07, 6.45) is 0.535. The van der Waals surface area contributed by atoms with Crippen LogP contribution in [0.4, 0.5) is 0 Å². The van der Waals surface area contributed by atoms with Crippen LogP contribution < -0.4 is 9.47 Å². The Labute approximate surface area is 167 Å². The maximum absolute atomic E-state index is 12.5. The number of carbonyl (C=O) groups is 3. The van der Waals surface area contributed by atoms with Crippen molar-refractivity contribution in [2.45, 2.75) is 6.61 Å². The summed E-state index contributed by atoms with van der Waals surface area (Å²) in [5.74, 6) is -0.848. The normalized spacial score (nSPS) is 10.1. The van der Waals surface area contributed by atoms with Gasteiger partial charge in [-0.25, -0.2) is 9.59 Å². The molecule has 0 aliphatic rings. The zero-order chi connectivity index (χ0) is 20.6. The number of methoxy groups -OCH3 is 1. The summed E-state index contributed by atoms with van der Waals surface area (Å²) in [7, 11) is 1.40. The lowest BCUT2D eigenvalue weighted by Crippen LogP contribution is -2.12. The molecule has 0 aliphatic heterocycles. The van der Waals surface area contributed by atoms with E-state index in [1.807, 2.05) is 30.3 Å². The van der Waals surface area contributed by atoms with Crippen molar-refractivity contribution in [2.75, 3.05) is 7.11 Å². The van der Waals surface area contributed by atoms with Crippen LogP contribution in [0.2, 0.25) is 0 Å². The Morgan fingerprint density at radius 1 is 0.897 bits per heavy atom. The molecule has 0 saturated carbocycles. The highest BCUT2D eigenvalue weighted by molar-refractivity contribution is 6.01. The van der Waals surface area contributed by atoms with Crippen molar-refractivity contribution in [1.29, 1.82) is 0 Å². The van der Waals surface area contributed by atoms with Crippen LogP contribution in [0.3, 0.4) is 0 Å². The minimum Gasteiger partial charge on any atom is -0.496 e. The second-order valence-corrected chi connectivity index (χ2v) is 6.02. The molecule has 0 radical (unpaired) electrons. The van der Waals surface area contributed by atoms with Gasteiger partial charge in [0.15, 0.2) is 6.29 Å². The second kappa shape index (κ2) is 9.32. The quantitative estimate of drug-likeness (QED) is 0.344. The molecule has 29 heavy (non-hydrogen) atoms. The summed E-state index contributed by atoms with van der Waals surface area (Å²) >= 11 is 0. The van der Waals surface area contributed by atoms with E-state index < -0.39 is 11.9 Å². The Morgan fingerprint density at radius 3 is 2.38 bits per heavy atom. The zero-order valence-electron chi connectivity index (χ0n) is 15.7. The van der Waals surface area contributed by atoms with Gasteiger partial charge in [-0.3, -0.25) is 4.79 Å². The largest absolute Gasteiger partial charge is 0.496 e. The van der Waals surface area contributed by atoms with Gasteiger partial charge in [0, 0.05) is 0 Å². The van der Waals surface area contributed by atoms with Crippen LogP contribution in [-0.2, 0) is 11.3 Å². The van der Waals surface area contributed by atoms with Gasteiger partial charge in [-0.05, 0) is 35.9 Å². The standard InChI is InChI=1S/C23H18O6/c1-27-21-12-6-11-19(20(21)14-24)23(26)29-18-10-5-9-17(13-18)22(25)28-15-16-7-3-2-4-8-16/h2-14H,15H2,1H3. The summed E-state index contributed by atoms with van der Waals surface area (Å²) in [6.45, 7) is 0.135. The van der Waals surface area contributed by atoms with Crippen LogP contribution in [0, 0.1) is 0 Å². The first-order valence-electron chi connectivity index (χ1n) is 8.78. The summed E-state index contributed by atoms with van der Waals surface area (Å²) in [5.41, 5.74) is 1.27. The lowest BCUT2D eigenvalue weighted by molar-refractivity contribution is 0.0471. The van der Waals surface area contributed by atoms with E-state index in [-0.39, 0.29) is 34.8 Å². The van der Waals surface area contributed by atoms with Crippen LogP contribution >= 0.6 is 0 Å². The smallest absolute Gasteiger partial charge is 0.344 e. The van der Waals surface area contributed by atoms with Crippen molar-refractivity contribution in [3.8, 4) is 11.5 Å². The lowest BCUT2D eigenvalue weighted by Gasteiger charge is -2.10. The average Bonchev–Trinajstić information content (AvgIpc) is 2.77. The third kappa shape index (κ3) is 4.87. The molecule has 0 atom stereocenters. The van der Waals surface area contributed by atoms with Crippen LogP contribution in [0.5, 0.6) is 11.5 Å². The van der Waals surface area contributed by atoms with Gasteiger partial charge in [0.1, 0.15) is 18.1 Å². The Hall–Kier alpha value is -3.93. The van der Waals surface area contributed by atoms with Gasteiger partial charge < -0.3 is 14.2 Å². The number of benzene rings is 3. The molecule has 0 bridgehead atoms. The summed E-state index contributed by atoms with van der Waals surface area (Å²) < 4.78 is 15.7. The van der Waals surface area contributed by atoms with Gasteiger partial charge in [-0.1, -0.05) is 42.5 Å². The third-order valence-corrected chi connectivity index (χ3v) is 4.12. The highest BCUT2D eigenvalue weighted by atomic mass is 16.5. The number of aldehydes is 1. The van der Waals surface area contributed by atoms with E-state index in [0.29, 0.717) is 6.29 Å². The van der Waals surface area contributed by atoms with E-state index in [9.17, 15) is 14.4 Å². The minimum absolute atomic E-state index is 0.0661. The van der Waals surface area contributed by atoms with E-state index in [4.69, 9.17) is 14.2 Å². The fourth-order valence-electron chi connectivity index (χ4n) is 2.68. The van der Waals surface area contributed by atoms with Crippen molar-refractivity contribution >= 4 is 18.2 Å². The van der Waals surface area contributed by atoms with Gasteiger partial charge in [-0.15, -0.1) is 0 Å². The molecule has 3 aromatic rings. The second-order valence-electron chi connectivity index (χ2n) is 6.02. The molecule has 0 amide bonds. The summed E-state index contributed by atoms with van der Waals surface area (Å²) in [6, 6.07) is 20.0.